The van der Waals surface area contributed by atoms with Crippen molar-refractivity contribution in [3.63, 3.8) is 0 Å². The summed E-state index contributed by atoms with van der Waals surface area (Å²) in [6.45, 7) is 3.04. The van der Waals surface area contributed by atoms with E-state index in [0.29, 0.717) is 65.9 Å². The molecule has 0 radical (unpaired) electrons. The van der Waals surface area contributed by atoms with Gasteiger partial charge in [0.25, 0.3) is 5.91 Å². The molecule has 1 unspecified atom stereocenters. The highest BCUT2D eigenvalue weighted by atomic mass is 32.2. The number of aromatic hydroxyl groups is 1. The van der Waals surface area contributed by atoms with Crippen molar-refractivity contribution in [2.75, 3.05) is 45.1 Å². The molecule has 1 fully saturated rings. The summed E-state index contributed by atoms with van der Waals surface area (Å²) in [6, 6.07) is 20.0. The maximum atomic E-state index is 13.1. The number of piperazine rings is 1. The average Bonchev–Trinajstić information content (AvgIpc) is 2.98. The van der Waals surface area contributed by atoms with E-state index >= 15 is 0 Å². The van der Waals surface area contributed by atoms with E-state index < -0.39 is 11.0 Å². The van der Waals surface area contributed by atoms with Crippen LogP contribution in [-0.4, -0.2) is 70.4 Å². The van der Waals surface area contributed by atoms with E-state index in [1.54, 1.807) is 42.6 Å². The van der Waals surface area contributed by atoms with Crippen molar-refractivity contribution in [1.29, 1.82) is 0 Å². The van der Waals surface area contributed by atoms with E-state index in [1.165, 1.54) is 14.2 Å². The van der Waals surface area contributed by atoms with Crippen molar-refractivity contribution in [2.45, 2.75) is 11.4 Å². The Bertz CT molecular complexity index is 1500. The first-order chi connectivity index (χ1) is 19.0. The number of nitrogens with zero attached hydrogens (tertiary/aromatic N) is 3. The van der Waals surface area contributed by atoms with Gasteiger partial charge in [0.15, 0.2) is 22.5 Å². The number of rotatable bonds is 8. The molecule has 202 valence electrons. The van der Waals surface area contributed by atoms with Gasteiger partial charge in [0.2, 0.25) is 5.75 Å². The minimum absolute atomic E-state index is 0.0467. The molecule has 1 saturated heterocycles. The number of phenolic OH excluding ortho intramolecular Hbond substituents is 1. The number of fused-ring (bicyclic) bond motifs is 1. The summed E-state index contributed by atoms with van der Waals surface area (Å²) in [6.07, 6.45) is 1.68. The molecule has 1 atom stereocenters. The number of methoxy groups -OCH3 is 2. The van der Waals surface area contributed by atoms with Crippen LogP contribution in [0.2, 0.25) is 0 Å². The number of aromatic nitrogens is 1. The fourth-order valence-corrected chi connectivity index (χ4v) is 5.69. The predicted octanol–water partition coefficient (Wildman–Crippen LogP) is 4.05. The molecule has 2 N–H and O–H groups in total. The molecule has 9 nitrogen and oxygen atoms in total. The van der Waals surface area contributed by atoms with Crippen LogP contribution in [0.5, 0.6) is 17.2 Å². The summed E-state index contributed by atoms with van der Waals surface area (Å²) in [5.41, 5.74) is 2.66. The molecular formula is C29H30N4O5S. The lowest BCUT2D eigenvalue weighted by Gasteiger charge is -2.35. The quantitative estimate of drug-likeness (QED) is 0.344. The predicted molar refractivity (Wildman–Crippen MR) is 151 cm³/mol. The first-order valence-corrected chi connectivity index (χ1v) is 13.7. The second kappa shape index (κ2) is 11.7. The Kier molecular flexibility index (Phi) is 7.94. The van der Waals surface area contributed by atoms with E-state index in [2.05, 4.69) is 14.6 Å². The maximum Gasteiger partial charge on any atom is 0.253 e. The fraction of sp³-hybridized carbons (Fsp3) is 0.241. The first kappa shape index (κ1) is 26.5. The van der Waals surface area contributed by atoms with Gasteiger partial charge in [0.05, 0.1) is 24.6 Å². The van der Waals surface area contributed by atoms with E-state index in [9.17, 15) is 14.1 Å². The largest absolute Gasteiger partial charge is 0.504 e. The molecule has 1 aliphatic rings. The second-order valence-corrected chi connectivity index (χ2v) is 10.3. The van der Waals surface area contributed by atoms with Gasteiger partial charge in [-0.05, 0) is 42.5 Å². The Labute approximate surface area is 229 Å². The van der Waals surface area contributed by atoms with Gasteiger partial charge < -0.3 is 24.2 Å². The number of para-hydroxylation sites is 1. The number of amides is 1. The number of hydrogen-bond acceptors (Lipinski definition) is 7. The topological polar surface area (TPSA) is 104 Å². The highest BCUT2D eigenvalue weighted by Gasteiger charge is 2.24. The number of anilines is 1. The number of carbonyl (C=O) groups excluding carboxylic acids is 1. The van der Waals surface area contributed by atoms with Gasteiger partial charge in [-0.3, -0.25) is 14.7 Å². The number of pyridine rings is 1. The normalized spacial score (nSPS) is 14.7. The lowest BCUT2D eigenvalue weighted by atomic mass is 10.1. The average molecular weight is 547 g/mol. The van der Waals surface area contributed by atoms with Crippen LogP contribution in [-0.2, 0) is 17.5 Å². The molecule has 3 aromatic carbocycles. The molecule has 1 amide bonds. The van der Waals surface area contributed by atoms with Crippen molar-refractivity contribution >= 4 is 33.5 Å². The van der Waals surface area contributed by atoms with Crippen LogP contribution in [0.4, 0.5) is 5.69 Å². The molecule has 4 aromatic rings. The molecule has 5 rings (SSSR count). The van der Waals surface area contributed by atoms with E-state index in [-0.39, 0.29) is 11.7 Å². The molecule has 0 saturated carbocycles. The molecular weight excluding hydrogens is 516 g/mol. The minimum Gasteiger partial charge on any atom is -0.504 e. The van der Waals surface area contributed by atoms with E-state index in [1.807, 2.05) is 35.2 Å². The summed E-state index contributed by atoms with van der Waals surface area (Å²) < 4.78 is 26.5. The van der Waals surface area contributed by atoms with Crippen LogP contribution in [0.3, 0.4) is 0 Å². The summed E-state index contributed by atoms with van der Waals surface area (Å²) in [7, 11) is 1.52. The molecule has 2 heterocycles. The SMILES string of the molecule is COc1ccc(CN2CCN(C(=O)c3ccc(NS(=O)c4cccc5cccnc45)cc3)CC2)c(O)c1OC. The smallest absolute Gasteiger partial charge is 0.253 e. The van der Waals surface area contributed by atoms with Crippen molar-refractivity contribution in [3.05, 3.63) is 84.1 Å². The third-order valence-electron chi connectivity index (χ3n) is 6.79. The van der Waals surface area contributed by atoms with E-state index in [0.717, 1.165) is 10.9 Å². The van der Waals surface area contributed by atoms with Crippen LogP contribution in [0.1, 0.15) is 15.9 Å². The van der Waals surface area contributed by atoms with Gasteiger partial charge in [-0.1, -0.05) is 24.3 Å². The Hall–Kier alpha value is -4.15. The lowest BCUT2D eigenvalue weighted by Crippen LogP contribution is -2.48. The summed E-state index contributed by atoms with van der Waals surface area (Å²) in [4.78, 5) is 22.1. The lowest BCUT2D eigenvalue weighted by molar-refractivity contribution is 0.0627. The molecule has 0 spiro atoms. The molecule has 0 aliphatic carbocycles. The van der Waals surface area contributed by atoms with Gasteiger partial charge in [-0.25, -0.2) is 4.21 Å². The van der Waals surface area contributed by atoms with Gasteiger partial charge in [0, 0.05) is 61.1 Å². The summed E-state index contributed by atoms with van der Waals surface area (Å²) in [5, 5.41) is 11.5. The molecule has 0 bridgehead atoms. The number of hydrogen-bond donors (Lipinski definition) is 2. The highest BCUT2D eigenvalue weighted by Crippen LogP contribution is 2.39. The monoisotopic (exact) mass is 546 g/mol. The Morgan fingerprint density at radius 2 is 1.72 bits per heavy atom. The zero-order valence-corrected chi connectivity index (χ0v) is 22.6. The zero-order chi connectivity index (χ0) is 27.4. The van der Waals surface area contributed by atoms with Crippen molar-refractivity contribution in [1.82, 2.24) is 14.8 Å². The summed E-state index contributed by atoms with van der Waals surface area (Å²) >= 11 is 0. The van der Waals surface area contributed by atoms with Crippen molar-refractivity contribution < 1.29 is 23.6 Å². The Balaban J connectivity index is 1.18. The molecule has 39 heavy (non-hydrogen) atoms. The standard InChI is InChI=1S/C29H30N4O5S/c1-37-24-13-10-22(27(34)28(24)38-2)19-32-15-17-33(18-16-32)29(35)21-8-11-23(12-9-21)31-39(36)25-7-3-5-20-6-4-14-30-26(20)25/h3-14,31,34H,15-19H2,1-2H3. The minimum atomic E-state index is -1.50. The first-order valence-electron chi connectivity index (χ1n) is 12.5. The zero-order valence-electron chi connectivity index (χ0n) is 21.8. The van der Waals surface area contributed by atoms with Crippen LogP contribution >= 0.6 is 0 Å². The van der Waals surface area contributed by atoms with Gasteiger partial charge in [-0.2, -0.15) is 0 Å². The Morgan fingerprint density at radius 1 is 0.974 bits per heavy atom. The van der Waals surface area contributed by atoms with Gasteiger partial charge in [0.1, 0.15) is 0 Å². The summed E-state index contributed by atoms with van der Waals surface area (Å²) in [5.74, 6) is 0.822. The van der Waals surface area contributed by atoms with E-state index in [4.69, 9.17) is 9.47 Å². The van der Waals surface area contributed by atoms with Crippen LogP contribution < -0.4 is 14.2 Å². The number of ether oxygens (including phenoxy) is 2. The molecule has 1 aliphatic heterocycles. The third kappa shape index (κ3) is 5.67. The molecule has 10 heteroatoms. The van der Waals surface area contributed by atoms with Crippen LogP contribution in [0.25, 0.3) is 10.9 Å². The third-order valence-corrected chi connectivity index (χ3v) is 7.94. The van der Waals surface area contributed by atoms with Crippen LogP contribution in [0.15, 0.2) is 77.8 Å². The fourth-order valence-electron chi connectivity index (χ4n) is 4.68. The van der Waals surface area contributed by atoms with Gasteiger partial charge >= 0.3 is 0 Å². The number of carbonyl (C=O) groups is 1. The highest BCUT2D eigenvalue weighted by molar-refractivity contribution is 7.86. The molecule has 1 aromatic heterocycles. The van der Waals surface area contributed by atoms with Crippen LogP contribution in [0, 0.1) is 0 Å². The van der Waals surface area contributed by atoms with Crippen molar-refractivity contribution in [2.24, 2.45) is 0 Å². The van der Waals surface area contributed by atoms with Crippen molar-refractivity contribution in [3.8, 4) is 17.2 Å². The number of benzene rings is 3. The number of phenols is 1. The maximum absolute atomic E-state index is 13.1. The van der Waals surface area contributed by atoms with Gasteiger partial charge in [-0.15, -0.1) is 0 Å². The number of nitrogens with one attached hydrogen (secondary N) is 1. The Morgan fingerprint density at radius 3 is 2.44 bits per heavy atom. The second-order valence-electron chi connectivity index (χ2n) is 9.16.